The predicted molar refractivity (Wildman–Crippen MR) is 115 cm³/mol. The van der Waals surface area contributed by atoms with Crippen molar-refractivity contribution in [2.45, 2.75) is 83.5 Å². The first kappa shape index (κ1) is 22.6. The maximum Gasteiger partial charge on any atom is 0.201 e. The lowest BCUT2D eigenvalue weighted by Gasteiger charge is -2.60. The number of ether oxygens (including phenoxy) is 4. The molecule has 0 radical (unpaired) electrons. The van der Waals surface area contributed by atoms with Gasteiger partial charge in [-0.15, -0.1) is 0 Å². The average molecular weight is 449 g/mol. The Morgan fingerprint density at radius 1 is 1.12 bits per heavy atom. The van der Waals surface area contributed by atoms with E-state index >= 15 is 0 Å². The number of aliphatic hydroxyl groups excluding tert-OH is 1. The molecule has 4 aliphatic heterocycles. The minimum Gasteiger partial charge on any atom is -0.491 e. The molecule has 1 aromatic rings. The monoisotopic (exact) mass is 448 g/mol. The van der Waals surface area contributed by atoms with Crippen molar-refractivity contribution in [2.24, 2.45) is 23.7 Å². The Labute approximate surface area is 190 Å². The molecule has 1 spiro atoms. The van der Waals surface area contributed by atoms with E-state index in [1.54, 1.807) is 6.92 Å². The van der Waals surface area contributed by atoms with Gasteiger partial charge in [0.15, 0.2) is 18.2 Å². The number of aliphatic hydroxyl groups is 1. The van der Waals surface area contributed by atoms with Gasteiger partial charge in [-0.1, -0.05) is 26.0 Å². The van der Waals surface area contributed by atoms with Crippen LogP contribution in [0.2, 0.25) is 0 Å². The molecule has 6 rings (SSSR count). The molecule has 5 fully saturated rings. The second kappa shape index (κ2) is 8.53. The maximum absolute atomic E-state index is 9.76. The number of benzene rings is 1. The van der Waals surface area contributed by atoms with Gasteiger partial charge in [-0.05, 0) is 62.6 Å². The van der Waals surface area contributed by atoms with E-state index in [2.05, 4.69) is 13.8 Å². The van der Waals surface area contributed by atoms with Crippen molar-refractivity contribution in [1.29, 1.82) is 0 Å². The second-order valence-electron chi connectivity index (χ2n) is 10.2. The molecule has 2 unspecified atom stereocenters. The van der Waals surface area contributed by atoms with E-state index in [4.69, 9.17) is 28.7 Å². The van der Waals surface area contributed by atoms with E-state index in [9.17, 15) is 5.11 Å². The smallest absolute Gasteiger partial charge is 0.201 e. The van der Waals surface area contributed by atoms with Crippen LogP contribution in [-0.2, 0) is 24.0 Å². The van der Waals surface area contributed by atoms with Gasteiger partial charge in [0.2, 0.25) is 5.79 Å². The van der Waals surface area contributed by atoms with Crippen molar-refractivity contribution in [3.8, 4) is 5.75 Å². The van der Waals surface area contributed by atoms with Crippen molar-refractivity contribution < 1.29 is 33.8 Å². The van der Waals surface area contributed by atoms with Crippen LogP contribution in [0.4, 0.5) is 0 Å². The third-order valence-corrected chi connectivity index (χ3v) is 8.07. The average Bonchev–Trinajstić information content (AvgIpc) is 3.00. The minimum absolute atomic E-state index is 0.148. The van der Waals surface area contributed by atoms with Crippen LogP contribution in [-0.4, -0.2) is 42.3 Å². The Kier molecular flexibility index (Phi) is 6.01. The maximum atomic E-state index is 9.76. The normalized spacial score (nSPS) is 43.9. The van der Waals surface area contributed by atoms with Crippen molar-refractivity contribution in [1.82, 2.24) is 0 Å². The molecule has 178 valence electrons. The number of hydrogen-bond acceptors (Lipinski definition) is 7. The Morgan fingerprint density at radius 3 is 2.78 bits per heavy atom. The van der Waals surface area contributed by atoms with Crippen molar-refractivity contribution >= 4 is 0 Å². The lowest BCUT2D eigenvalue weighted by molar-refractivity contribution is -0.577. The van der Waals surface area contributed by atoms with E-state index in [1.807, 2.05) is 31.2 Å². The lowest BCUT2D eigenvalue weighted by Crippen LogP contribution is -2.70. The number of fused-ring (bicyclic) bond motifs is 2. The highest BCUT2D eigenvalue weighted by Crippen LogP contribution is 2.60. The third-order valence-electron chi connectivity index (χ3n) is 8.07. The van der Waals surface area contributed by atoms with Crippen molar-refractivity contribution in [2.75, 3.05) is 13.2 Å². The molecule has 5 aliphatic rings. The highest BCUT2D eigenvalue weighted by Gasteiger charge is 2.69. The third kappa shape index (κ3) is 3.77. The highest BCUT2D eigenvalue weighted by molar-refractivity contribution is 5.29. The first-order valence-corrected chi connectivity index (χ1v) is 12.0. The summed E-state index contributed by atoms with van der Waals surface area (Å²) >= 11 is 0. The summed E-state index contributed by atoms with van der Waals surface area (Å²) in [5.41, 5.74) is 0.264. The summed E-state index contributed by atoms with van der Waals surface area (Å²) in [6.45, 7) is 8.97. The van der Waals surface area contributed by atoms with Crippen LogP contribution in [0.3, 0.4) is 0 Å². The Hall–Kier alpha value is -1.22. The standard InChI is InChI=1S/C25H36O7/c1-15-8-9-21-16(2)22(28-13-12-27-19-7-5-6-18(14-19)17(3)26)29-23-25(21)20(15)10-11-24(4,30-23)31-32-25/h5-7,14-17,20-23,26H,8-13H2,1-4H3/t15-,16-,17?,20?,21+,22+,23-,24-,25-/m1/s1. The zero-order valence-corrected chi connectivity index (χ0v) is 19.5. The van der Waals surface area contributed by atoms with Gasteiger partial charge in [0, 0.05) is 18.3 Å². The van der Waals surface area contributed by atoms with Crippen LogP contribution in [0.1, 0.15) is 65.0 Å². The molecule has 1 saturated carbocycles. The van der Waals surface area contributed by atoms with E-state index in [1.165, 1.54) is 6.42 Å². The first-order chi connectivity index (χ1) is 15.3. The molecule has 1 aliphatic carbocycles. The van der Waals surface area contributed by atoms with Gasteiger partial charge in [0.25, 0.3) is 0 Å². The zero-order chi connectivity index (χ0) is 22.5. The molecule has 2 bridgehead atoms. The summed E-state index contributed by atoms with van der Waals surface area (Å²) in [6.07, 6.45) is 2.63. The summed E-state index contributed by atoms with van der Waals surface area (Å²) in [5.74, 6) is 1.23. The molecule has 32 heavy (non-hydrogen) atoms. The Morgan fingerprint density at radius 2 is 1.97 bits per heavy atom. The topological polar surface area (TPSA) is 75.6 Å². The van der Waals surface area contributed by atoms with Crippen LogP contribution >= 0.6 is 0 Å². The van der Waals surface area contributed by atoms with Gasteiger partial charge in [0.1, 0.15) is 12.4 Å². The van der Waals surface area contributed by atoms with E-state index in [0.29, 0.717) is 25.0 Å². The van der Waals surface area contributed by atoms with Crippen molar-refractivity contribution in [3.05, 3.63) is 29.8 Å². The molecule has 4 heterocycles. The minimum atomic E-state index is -0.777. The molecular formula is C25H36O7. The molecule has 4 saturated heterocycles. The number of rotatable bonds is 6. The molecule has 9 atom stereocenters. The largest absolute Gasteiger partial charge is 0.491 e. The predicted octanol–water partition coefficient (Wildman–Crippen LogP) is 4.34. The fraction of sp³-hybridized carbons (Fsp3) is 0.760. The molecular weight excluding hydrogens is 412 g/mol. The van der Waals surface area contributed by atoms with E-state index in [0.717, 1.165) is 30.6 Å². The summed E-state index contributed by atoms with van der Waals surface area (Å²) < 4.78 is 24.8. The van der Waals surface area contributed by atoms with Gasteiger partial charge < -0.3 is 24.1 Å². The fourth-order valence-corrected chi connectivity index (χ4v) is 6.25. The van der Waals surface area contributed by atoms with E-state index < -0.39 is 23.8 Å². The van der Waals surface area contributed by atoms with Crippen LogP contribution in [0.5, 0.6) is 5.75 Å². The fourth-order valence-electron chi connectivity index (χ4n) is 6.25. The number of hydrogen-bond donors (Lipinski definition) is 1. The Balaban J connectivity index is 1.25. The lowest BCUT2D eigenvalue weighted by atomic mass is 9.58. The molecule has 0 amide bonds. The van der Waals surface area contributed by atoms with Crippen LogP contribution in [0.15, 0.2) is 24.3 Å². The van der Waals surface area contributed by atoms with Gasteiger partial charge in [-0.25, -0.2) is 9.78 Å². The molecule has 0 aromatic heterocycles. The Bertz CT molecular complexity index is 815. The van der Waals surface area contributed by atoms with Crippen molar-refractivity contribution in [3.63, 3.8) is 0 Å². The van der Waals surface area contributed by atoms with Crippen LogP contribution in [0, 0.1) is 23.7 Å². The highest BCUT2D eigenvalue weighted by atomic mass is 17.3. The van der Waals surface area contributed by atoms with Gasteiger partial charge in [-0.2, -0.15) is 0 Å². The molecule has 7 nitrogen and oxygen atoms in total. The van der Waals surface area contributed by atoms with Gasteiger partial charge in [0.05, 0.1) is 12.7 Å². The van der Waals surface area contributed by atoms with Gasteiger partial charge >= 0.3 is 0 Å². The summed E-state index contributed by atoms with van der Waals surface area (Å²) in [7, 11) is 0. The molecule has 1 aromatic carbocycles. The SMILES string of the molecule is CC(O)c1cccc(OCCO[C@H]2O[C@@H]3O[C@@]4(C)CCC5[C@H](C)CC[C@@H]([C@H]2C)[C@]53OO4)c1. The van der Waals surface area contributed by atoms with Crippen LogP contribution in [0.25, 0.3) is 0 Å². The quantitative estimate of drug-likeness (QED) is 0.512. The second-order valence-corrected chi connectivity index (χ2v) is 10.2. The van der Waals surface area contributed by atoms with Gasteiger partial charge in [-0.3, -0.25) is 0 Å². The first-order valence-electron chi connectivity index (χ1n) is 12.0. The summed E-state index contributed by atoms with van der Waals surface area (Å²) in [4.78, 5) is 12.0. The van der Waals surface area contributed by atoms with Crippen LogP contribution < -0.4 is 4.74 Å². The zero-order valence-electron chi connectivity index (χ0n) is 19.5. The molecule has 7 heteroatoms. The van der Waals surface area contributed by atoms with E-state index in [-0.39, 0.29) is 18.1 Å². The molecule has 1 N–H and O–H groups in total. The summed E-state index contributed by atoms with van der Waals surface area (Å²) in [6, 6.07) is 7.50. The summed E-state index contributed by atoms with van der Waals surface area (Å²) in [5, 5.41) is 9.76.